The van der Waals surface area contributed by atoms with Crippen LogP contribution in [0.3, 0.4) is 0 Å². The molecule has 1 aromatic rings. The van der Waals surface area contributed by atoms with Gasteiger partial charge >= 0.3 is 11.9 Å². The van der Waals surface area contributed by atoms with Crippen LogP contribution in [-0.2, 0) is 64.0 Å². The molecule has 0 aliphatic heterocycles. The maximum atomic E-state index is 14.2. The molecule has 0 saturated heterocycles. The Morgan fingerprint density at radius 1 is 0.466 bits per heavy atom. The zero-order valence-corrected chi connectivity index (χ0v) is 42.6. The van der Waals surface area contributed by atoms with E-state index in [1.54, 1.807) is 65.0 Å². The van der Waals surface area contributed by atoms with Gasteiger partial charge in [-0.15, -0.1) is 0 Å². The van der Waals surface area contributed by atoms with E-state index in [0.29, 0.717) is 18.4 Å². The molecule has 73 heavy (non-hydrogen) atoms. The van der Waals surface area contributed by atoms with Crippen LogP contribution in [0.2, 0.25) is 0 Å². The third-order valence-corrected chi connectivity index (χ3v) is 11.9. The van der Waals surface area contributed by atoms with E-state index in [4.69, 9.17) is 5.73 Å². The predicted molar refractivity (Wildman–Crippen MR) is 260 cm³/mol. The number of carbonyl (C=O) groups is 12. The van der Waals surface area contributed by atoms with Crippen LogP contribution in [0.15, 0.2) is 30.3 Å². The number of primary amides is 1. The van der Waals surface area contributed by atoms with E-state index in [1.807, 2.05) is 17.6 Å². The summed E-state index contributed by atoms with van der Waals surface area (Å²) >= 11 is 0. The maximum Gasteiger partial charge on any atom is 0.305 e. The van der Waals surface area contributed by atoms with Crippen LogP contribution in [0.4, 0.5) is 0 Å². The molecule has 0 radical (unpaired) electrons. The van der Waals surface area contributed by atoms with E-state index in [9.17, 15) is 78.0 Å². The monoisotopic (exact) mass is 1030 g/mol. The van der Waals surface area contributed by atoms with Crippen molar-refractivity contribution in [3.8, 4) is 0 Å². The van der Waals surface area contributed by atoms with Crippen molar-refractivity contribution in [2.45, 2.75) is 161 Å². The zero-order valence-electron chi connectivity index (χ0n) is 42.6. The Hall–Kier alpha value is -7.22. The van der Waals surface area contributed by atoms with Crippen LogP contribution in [0, 0.1) is 17.8 Å². The first kappa shape index (κ1) is 63.8. The van der Waals surface area contributed by atoms with Crippen molar-refractivity contribution >= 4 is 71.0 Å². The highest BCUT2D eigenvalue weighted by atomic mass is 16.4. The predicted octanol–water partition coefficient (Wildman–Crippen LogP) is -3.42. The van der Waals surface area contributed by atoms with Gasteiger partial charge in [0.2, 0.25) is 59.1 Å². The maximum absolute atomic E-state index is 14.2. The van der Waals surface area contributed by atoms with Crippen LogP contribution in [0.5, 0.6) is 0 Å². The lowest BCUT2D eigenvalue weighted by atomic mass is 9.94. The van der Waals surface area contributed by atoms with Crippen LogP contribution in [0.1, 0.15) is 100.0 Å². The molecule has 0 aliphatic rings. The van der Waals surface area contributed by atoms with E-state index in [0.717, 1.165) is 13.8 Å². The molecule has 0 spiro atoms. The molecule has 408 valence electrons. The Labute approximate surface area is 423 Å². The second kappa shape index (κ2) is 31.3. The summed E-state index contributed by atoms with van der Waals surface area (Å²) in [6, 6.07) is -4.32. The Bertz CT molecular complexity index is 2110. The number of carboxylic acids is 2. The fourth-order valence-electron chi connectivity index (χ4n) is 7.04. The molecule has 10 amide bonds. The van der Waals surface area contributed by atoms with Gasteiger partial charge in [0.05, 0.1) is 31.6 Å². The SMILES string of the molecule is CC[C@H](C)[C@H](NC(C)=O)C(=O)N[C@@H](Cc1ccccc1)C(=O)N[C@H](C(=O)N[C@H](C(=O)N[C@@H](CC(=O)O)C(=O)N[C@@H](CC(=O)O)C(=O)N[C@H](C(=O)N[C@H](C(=O)NCC(N)=O)[C@@H](C)O)[C@@H](C)O)[C@@H](C)CC)[C@@H](C)CC. The number of carboxylic acid groups (broad SMARTS) is 2. The van der Waals surface area contributed by atoms with Gasteiger partial charge in [-0.05, 0) is 37.2 Å². The number of nitrogens with two attached hydrogens (primary N) is 1. The minimum absolute atomic E-state index is 0.0256. The van der Waals surface area contributed by atoms with Gasteiger partial charge in [0.15, 0.2) is 0 Å². The molecule has 0 unspecified atom stereocenters. The highest BCUT2D eigenvalue weighted by Crippen LogP contribution is 2.15. The largest absolute Gasteiger partial charge is 0.481 e. The Morgan fingerprint density at radius 3 is 1.21 bits per heavy atom. The van der Waals surface area contributed by atoms with Gasteiger partial charge in [0.25, 0.3) is 0 Å². The summed E-state index contributed by atoms with van der Waals surface area (Å²) in [6.07, 6.45) is -4.68. The molecule has 0 saturated carbocycles. The fraction of sp³-hybridized carbons (Fsp3) is 0.617. The van der Waals surface area contributed by atoms with Crippen molar-refractivity contribution in [3.63, 3.8) is 0 Å². The lowest BCUT2D eigenvalue weighted by Crippen LogP contribution is -2.63. The Kier molecular flexibility index (Phi) is 27.3. The van der Waals surface area contributed by atoms with E-state index in [1.165, 1.54) is 6.92 Å². The van der Waals surface area contributed by atoms with Crippen LogP contribution < -0.4 is 53.6 Å². The number of hydrogen-bond acceptors (Lipinski definition) is 14. The molecule has 0 heterocycles. The minimum Gasteiger partial charge on any atom is -0.481 e. The van der Waals surface area contributed by atoms with Crippen molar-refractivity contribution in [3.05, 3.63) is 35.9 Å². The summed E-state index contributed by atoms with van der Waals surface area (Å²) in [7, 11) is 0. The second-order valence-corrected chi connectivity index (χ2v) is 18.0. The highest BCUT2D eigenvalue weighted by molar-refractivity contribution is 6.00. The summed E-state index contributed by atoms with van der Waals surface area (Å²) in [5.41, 5.74) is 5.67. The molecular formula is C47H74N10O16. The van der Waals surface area contributed by atoms with Gasteiger partial charge < -0.3 is 74.0 Å². The smallest absolute Gasteiger partial charge is 0.305 e. The first-order valence-corrected chi connectivity index (χ1v) is 23.9. The lowest BCUT2D eigenvalue weighted by molar-refractivity contribution is -0.144. The van der Waals surface area contributed by atoms with Gasteiger partial charge in [-0.1, -0.05) is 91.1 Å². The first-order chi connectivity index (χ1) is 34.1. The third kappa shape index (κ3) is 22.0. The molecule has 26 heteroatoms. The summed E-state index contributed by atoms with van der Waals surface area (Å²) in [5.74, 6) is -15.0. The summed E-state index contributed by atoms with van der Waals surface area (Å²) in [5, 5.41) is 61.1. The van der Waals surface area contributed by atoms with Crippen LogP contribution in [0.25, 0.3) is 0 Å². The molecule has 0 fully saturated rings. The molecule has 15 N–H and O–H groups in total. The number of nitrogens with one attached hydrogen (secondary N) is 9. The Morgan fingerprint density at radius 2 is 0.795 bits per heavy atom. The minimum atomic E-state index is -2.11. The molecule has 26 nitrogen and oxygen atoms in total. The number of carbonyl (C=O) groups excluding carboxylic acids is 10. The molecule has 0 aromatic heterocycles. The summed E-state index contributed by atoms with van der Waals surface area (Å²) in [6.45, 7) is 12.9. The van der Waals surface area contributed by atoms with Gasteiger partial charge in [-0.25, -0.2) is 0 Å². The van der Waals surface area contributed by atoms with E-state index in [2.05, 4.69) is 37.2 Å². The molecule has 13 atom stereocenters. The average Bonchev–Trinajstić information content (AvgIpc) is 3.31. The zero-order chi connectivity index (χ0) is 55.9. The summed E-state index contributed by atoms with van der Waals surface area (Å²) in [4.78, 5) is 156. The van der Waals surface area contributed by atoms with Crippen molar-refractivity contribution in [2.24, 2.45) is 23.5 Å². The van der Waals surface area contributed by atoms with Crippen LogP contribution in [-0.4, -0.2) is 159 Å². The third-order valence-electron chi connectivity index (χ3n) is 11.9. The number of rotatable bonds is 32. The summed E-state index contributed by atoms with van der Waals surface area (Å²) < 4.78 is 0. The number of benzene rings is 1. The standard InChI is InChI=1S/C47H74N10O16/c1-10-22(4)35(50-27(9)60)44(70)52-29(18-28-16-14-13-15-17-28)41(67)54-37(24(6)12-3)46(72)55-36(23(5)11-2)45(71)53-30(19-33(62)63)40(66)51-31(20-34(64)65)42(68)56-39(26(8)59)47(73)57-38(25(7)58)43(69)49-21-32(48)61/h13-17,22-26,29-31,35-39,58-59H,10-12,18-21H2,1-9H3,(H2,48,61)(H,49,69)(H,50,60)(H,51,66)(H,52,70)(H,53,71)(H,54,67)(H,55,72)(H,56,68)(H,57,73)(H,62,63)(H,64,65)/t22-,23-,24-,25+,26+,29-,30-,31-,35-,36-,37-,38-,39-/m0/s1. The quantitative estimate of drug-likeness (QED) is 0.0334. The molecule has 0 bridgehead atoms. The number of aliphatic hydroxyl groups is 2. The number of hydrogen-bond donors (Lipinski definition) is 14. The van der Waals surface area contributed by atoms with Crippen LogP contribution >= 0.6 is 0 Å². The number of aliphatic carboxylic acids is 2. The molecule has 1 aromatic carbocycles. The van der Waals surface area contributed by atoms with E-state index >= 15 is 0 Å². The normalized spacial score (nSPS) is 16.4. The topological polar surface area (TPSA) is 420 Å². The van der Waals surface area contributed by atoms with Crippen molar-refractivity contribution in [1.29, 1.82) is 0 Å². The first-order valence-electron chi connectivity index (χ1n) is 23.9. The van der Waals surface area contributed by atoms with Gasteiger partial charge in [0.1, 0.15) is 48.3 Å². The van der Waals surface area contributed by atoms with Gasteiger partial charge in [-0.3, -0.25) is 57.5 Å². The van der Waals surface area contributed by atoms with E-state index in [-0.39, 0.29) is 18.8 Å². The van der Waals surface area contributed by atoms with Crippen molar-refractivity contribution in [2.75, 3.05) is 6.54 Å². The fourth-order valence-corrected chi connectivity index (χ4v) is 7.04. The second-order valence-electron chi connectivity index (χ2n) is 18.0. The van der Waals surface area contributed by atoms with Gasteiger partial charge in [0, 0.05) is 13.3 Å². The molecule has 0 aliphatic carbocycles. The van der Waals surface area contributed by atoms with Crippen molar-refractivity contribution < 1.29 is 78.0 Å². The number of aliphatic hydroxyl groups excluding tert-OH is 2. The number of amides is 10. The van der Waals surface area contributed by atoms with E-state index < -0.39 is 163 Å². The average molecular weight is 1040 g/mol. The Balaban J connectivity index is 3.52. The van der Waals surface area contributed by atoms with Gasteiger partial charge in [-0.2, -0.15) is 0 Å². The lowest BCUT2D eigenvalue weighted by Gasteiger charge is -2.31. The molecule has 1 rings (SSSR count). The highest BCUT2D eigenvalue weighted by Gasteiger charge is 2.39. The van der Waals surface area contributed by atoms with Crippen molar-refractivity contribution in [1.82, 2.24) is 47.9 Å². The molecular weight excluding hydrogens is 961 g/mol.